The minimum absolute atomic E-state index is 0.0217. The van der Waals surface area contributed by atoms with Crippen LogP contribution in [0.5, 0.6) is 0 Å². The van der Waals surface area contributed by atoms with E-state index in [-0.39, 0.29) is 22.6 Å². The minimum Gasteiger partial charge on any atom is -0.478 e. The molecule has 0 aliphatic heterocycles. The van der Waals surface area contributed by atoms with Crippen molar-refractivity contribution in [2.24, 2.45) is 0 Å². The molecule has 1 fully saturated rings. The van der Waals surface area contributed by atoms with Crippen molar-refractivity contribution in [2.75, 3.05) is 20.6 Å². The minimum atomic E-state index is -1.08. The molecule has 0 saturated heterocycles. The fourth-order valence-corrected chi connectivity index (χ4v) is 2.57. The maximum atomic E-state index is 12.2. The number of likely N-dealkylation sites (N-methyl/N-ethyl adjacent to an activating group) is 1. The molecule has 5 nitrogen and oxygen atoms in total. The Morgan fingerprint density at radius 2 is 1.85 bits per heavy atom. The molecular formula is C15H20N2O3. The predicted octanol–water partition coefficient (Wildman–Crippen LogP) is 1.60. The van der Waals surface area contributed by atoms with Crippen LogP contribution in [0, 0.1) is 0 Å². The molecule has 108 valence electrons. The van der Waals surface area contributed by atoms with E-state index in [0.29, 0.717) is 6.54 Å². The van der Waals surface area contributed by atoms with Crippen LogP contribution in [0.3, 0.4) is 0 Å². The number of carbonyl (C=O) groups excluding carboxylic acids is 1. The normalized spacial score (nSPS) is 16.6. The van der Waals surface area contributed by atoms with Crippen molar-refractivity contribution in [1.29, 1.82) is 0 Å². The number of carbonyl (C=O) groups is 2. The molecule has 0 aromatic heterocycles. The van der Waals surface area contributed by atoms with E-state index in [4.69, 9.17) is 5.11 Å². The van der Waals surface area contributed by atoms with Crippen molar-refractivity contribution in [2.45, 2.75) is 24.8 Å². The summed E-state index contributed by atoms with van der Waals surface area (Å²) in [5, 5.41) is 12.0. The van der Waals surface area contributed by atoms with Crippen molar-refractivity contribution in [3.8, 4) is 0 Å². The number of amides is 1. The summed E-state index contributed by atoms with van der Waals surface area (Å²) in [5.41, 5.74) is 0.277. The van der Waals surface area contributed by atoms with E-state index in [1.165, 1.54) is 12.5 Å². The van der Waals surface area contributed by atoms with Crippen LogP contribution >= 0.6 is 0 Å². The average Bonchev–Trinajstić information content (AvgIpc) is 2.36. The maximum absolute atomic E-state index is 12.2. The number of aromatic carboxylic acids is 1. The van der Waals surface area contributed by atoms with Gasteiger partial charge in [-0.25, -0.2) is 4.79 Å². The van der Waals surface area contributed by atoms with Crippen LogP contribution in [-0.4, -0.2) is 48.1 Å². The third-order valence-corrected chi connectivity index (χ3v) is 4.21. The summed E-state index contributed by atoms with van der Waals surface area (Å²) in [4.78, 5) is 25.4. The van der Waals surface area contributed by atoms with Gasteiger partial charge in [0, 0.05) is 12.1 Å². The van der Waals surface area contributed by atoms with Crippen molar-refractivity contribution < 1.29 is 14.7 Å². The number of rotatable bonds is 5. The SMILES string of the molecule is CN(C)C1(CNC(=O)c2ccccc2C(=O)O)CCC1. The zero-order valence-electron chi connectivity index (χ0n) is 11.8. The Balaban J connectivity index is 2.08. The van der Waals surface area contributed by atoms with Gasteiger partial charge in [0.1, 0.15) is 0 Å². The topological polar surface area (TPSA) is 69.6 Å². The number of hydrogen-bond donors (Lipinski definition) is 2. The van der Waals surface area contributed by atoms with Gasteiger partial charge < -0.3 is 15.3 Å². The second kappa shape index (κ2) is 5.63. The number of hydrogen-bond acceptors (Lipinski definition) is 3. The van der Waals surface area contributed by atoms with Gasteiger partial charge in [-0.2, -0.15) is 0 Å². The smallest absolute Gasteiger partial charge is 0.336 e. The third kappa shape index (κ3) is 2.67. The largest absolute Gasteiger partial charge is 0.478 e. The van der Waals surface area contributed by atoms with Crippen LogP contribution in [0.1, 0.15) is 40.0 Å². The Kier molecular flexibility index (Phi) is 4.09. The van der Waals surface area contributed by atoms with Crippen molar-refractivity contribution in [3.63, 3.8) is 0 Å². The van der Waals surface area contributed by atoms with E-state index in [1.54, 1.807) is 18.2 Å². The summed E-state index contributed by atoms with van der Waals surface area (Å²) in [7, 11) is 4.02. The molecule has 5 heteroatoms. The summed E-state index contributed by atoms with van der Waals surface area (Å²) in [6.45, 7) is 0.548. The summed E-state index contributed by atoms with van der Waals surface area (Å²) >= 11 is 0. The van der Waals surface area contributed by atoms with E-state index >= 15 is 0 Å². The Hall–Kier alpha value is -1.88. The van der Waals surface area contributed by atoms with E-state index in [1.807, 2.05) is 14.1 Å². The Labute approximate surface area is 118 Å². The van der Waals surface area contributed by atoms with E-state index in [9.17, 15) is 9.59 Å². The van der Waals surface area contributed by atoms with Crippen LogP contribution < -0.4 is 5.32 Å². The standard InChI is InChI=1S/C15H20N2O3/c1-17(2)15(8-5-9-15)10-16-13(18)11-6-3-4-7-12(11)14(19)20/h3-4,6-7H,5,8-10H2,1-2H3,(H,16,18)(H,19,20). The number of carboxylic acids is 1. The Bertz CT molecular complexity index is 522. The first-order chi connectivity index (χ1) is 9.46. The molecule has 0 atom stereocenters. The van der Waals surface area contributed by atoms with Crippen LogP contribution in [0.15, 0.2) is 24.3 Å². The zero-order chi connectivity index (χ0) is 14.8. The van der Waals surface area contributed by atoms with Gasteiger partial charge in [-0.1, -0.05) is 12.1 Å². The molecule has 1 aliphatic rings. The highest BCUT2D eigenvalue weighted by atomic mass is 16.4. The first kappa shape index (κ1) is 14.5. The third-order valence-electron chi connectivity index (χ3n) is 4.21. The maximum Gasteiger partial charge on any atom is 0.336 e. The molecule has 0 bridgehead atoms. The van der Waals surface area contributed by atoms with Gasteiger partial charge in [0.2, 0.25) is 0 Å². The highest BCUT2D eigenvalue weighted by Gasteiger charge is 2.39. The summed E-state index contributed by atoms with van der Waals surface area (Å²) in [6, 6.07) is 6.28. The first-order valence-electron chi connectivity index (χ1n) is 6.74. The lowest BCUT2D eigenvalue weighted by atomic mass is 9.75. The lowest BCUT2D eigenvalue weighted by Crippen LogP contribution is -2.57. The van der Waals surface area contributed by atoms with Gasteiger partial charge in [-0.3, -0.25) is 4.79 Å². The molecule has 2 N–H and O–H groups in total. The zero-order valence-corrected chi connectivity index (χ0v) is 11.8. The van der Waals surface area contributed by atoms with Gasteiger partial charge in [0.05, 0.1) is 11.1 Å². The van der Waals surface area contributed by atoms with Gasteiger partial charge in [0.25, 0.3) is 5.91 Å². The molecule has 0 radical (unpaired) electrons. The average molecular weight is 276 g/mol. The van der Waals surface area contributed by atoms with Gasteiger partial charge in [-0.05, 0) is 45.5 Å². The second-order valence-electron chi connectivity index (χ2n) is 5.51. The lowest BCUT2D eigenvalue weighted by Gasteiger charge is -2.47. The van der Waals surface area contributed by atoms with E-state index in [2.05, 4.69) is 10.2 Å². The highest BCUT2D eigenvalue weighted by molar-refractivity contribution is 6.04. The molecule has 1 aromatic carbocycles. The molecule has 1 amide bonds. The van der Waals surface area contributed by atoms with Crippen molar-refractivity contribution in [3.05, 3.63) is 35.4 Å². The van der Waals surface area contributed by atoms with Crippen LogP contribution in [0.25, 0.3) is 0 Å². The van der Waals surface area contributed by atoms with Gasteiger partial charge in [-0.15, -0.1) is 0 Å². The molecule has 1 saturated carbocycles. The number of nitrogens with zero attached hydrogens (tertiary/aromatic N) is 1. The van der Waals surface area contributed by atoms with Crippen LogP contribution in [0.4, 0.5) is 0 Å². The number of benzene rings is 1. The molecule has 2 rings (SSSR count). The van der Waals surface area contributed by atoms with E-state index in [0.717, 1.165) is 12.8 Å². The quantitative estimate of drug-likeness (QED) is 0.857. The Morgan fingerprint density at radius 3 is 2.30 bits per heavy atom. The summed E-state index contributed by atoms with van der Waals surface area (Å²) < 4.78 is 0. The molecular weight excluding hydrogens is 256 g/mol. The number of nitrogens with one attached hydrogen (secondary N) is 1. The van der Waals surface area contributed by atoms with Gasteiger partial charge >= 0.3 is 5.97 Å². The summed E-state index contributed by atoms with van der Waals surface area (Å²) in [5.74, 6) is -1.40. The molecule has 1 aromatic rings. The molecule has 0 unspecified atom stereocenters. The summed E-state index contributed by atoms with van der Waals surface area (Å²) in [6.07, 6.45) is 3.28. The fraction of sp³-hybridized carbons (Fsp3) is 0.467. The van der Waals surface area contributed by atoms with E-state index < -0.39 is 5.97 Å². The van der Waals surface area contributed by atoms with Gasteiger partial charge in [0.15, 0.2) is 0 Å². The molecule has 1 aliphatic carbocycles. The number of carboxylic acid groups (broad SMARTS) is 1. The highest BCUT2D eigenvalue weighted by Crippen LogP contribution is 2.35. The fourth-order valence-electron chi connectivity index (χ4n) is 2.57. The van der Waals surface area contributed by atoms with Crippen LogP contribution in [0.2, 0.25) is 0 Å². The predicted molar refractivity (Wildman–Crippen MR) is 76.0 cm³/mol. The monoisotopic (exact) mass is 276 g/mol. The van der Waals surface area contributed by atoms with Crippen molar-refractivity contribution >= 4 is 11.9 Å². The molecule has 20 heavy (non-hydrogen) atoms. The Morgan fingerprint density at radius 1 is 1.25 bits per heavy atom. The molecule has 0 spiro atoms. The van der Waals surface area contributed by atoms with Crippen molar-refractivity contribution in [1.82, 2.24) is 10.2 Å². The molecule has 0 heterocycles. The first-order valence-corrected chi connectivity index (χ1v) is 6.74. The second-order valence-corrected chi connectivity index (χ2v) is 5.51. The lowest BCUT2D eigenvalue weighted by molar-refractivity contribution is 0.0555. The van der Waals surface area contributed by atoms with Crippen LogP contribution in [-0.2, 0) is 0 Å².